The van der Waals surface area contributed by atoms with Crippen LogP contribution in [0, 0.1) is 0 Å². The van der Waals surface area contributed by atoms with Gasteiger partial charge in [-0.2, -0.15) is 34.8 Å². The summed E-state index contributed by atoms with van der Waals surface area (Å²) in [4.78, 5) is 11.5. The van der Waals surface area contributed by atoms with Crippen LogP contribution in [0.5, 0.6) is 11.5 Å². The predicted molar refractivity (Wildman–Crippen MR) is 117 cm³/mol. The van der Waals surface area contributed by atoms with Crippen molar-refractivity contribution in [3.63, 3.8) is 0 Å². The lowest BCUT2D eigenvalue weighted by atomic mass is 10.1. The highest BCUT2D eigenvalue weighted by atomic mass is 32.2. The van der Waals surface area contributed by atoms with Crippen molar-refractivity contribution in [3.8, 4) is 11.5 Å². The minimum absolute atomic E-state index is 0.00663. The molecule has 0 radical (unpaired) electrons. The zero-order valence-corrected chi connectivity index (χ0v) is 19.5. The predicted octanol–water partition coefficient (Wildman–Crippen LogP) is 5.30. The molecule has 0 aliphatic heterocycles. The first kappa shape index (κ1) is 28.9. The monoisotopic (exact) mass is 541 g/mol. The van der Waals surface area contributed by atoms with E-state index in [-0.39, 0.29) is 37.6 Å². The molecule has 0 heterocycles. The van der Waals surface area contributed by atoms with Crippen molar-refractivity contribution < 1.29 is 53.3 Å². The number of nitrogens with zero attached hydrogens (tertiary/aromatic N) is 1. The number of hydrogen-bond acceptors (Lipinski definition) is 7. The van der Waals surface area contributed by atoms with Crippen molar-refractivity contribution in [2.75, 3.05) is 19.0 Å². The Labute approximate surface area is 202 Å². The average Bonchev–Trinajstić information content (AvgIpc) is 2.78. The maximum absolute atomic E-state index is 13.3. The molecule has 0 atom stereocenters. The van der Waals surface area contributed by atoms with E-state index in [0.717, 1.165) is 18.2 Å². The highest BCUT2D eigenvalue weighted by molar-refractivity contribution is 7.86. The number of carbonyl (C=O) groups is 1. The maximum atomic E-state index is 13.3. The van der Waals surface area contributed by atoms with Gasteiger partial charge >= 0.3 is 22.5 Å². The Bertz CT molecular complexity index is 1160. The van der Waals surface area contributed by atoms with E-state index >= 15 is 0 Å². The molecule has 0 fully saturated rings. The number of rotatable bonds is 12. The number of ketones is 1. The first-order chi connectivity index (χ1) is 16.7. The van der Waals surface area contributed by atoms with Crippen molar-refractivity contribution in [3.05, 3.63) is 59.7 Å². The molecule has 2 rings (SSSR count). The summed E-state index contributed by atoms with van der Waals surface area (Å²) in [6.45, 7) is 1.40. The SMILES string of the molecule is CCCS(=O)(=O)ON=C(c1ccc(OCCCOc2ccccc2C(=O)C(F)(F)F)cc1)C(F)(F)F. The second-order valence-electron chi connectivity index (χ2n) is 7.17. The Morgan fingerprint density at radius 3 is 2.08 bits per heavy atom. The molecule has 2 aromatic rings. The third kappa shape index (κ3) is 8.73. The van der Waals surface area contributed by atoms with Crippen LogP contribution in [-0.2, 0) is 14.4 Å². The number of halogens is 6. The summed E-state index contributed by atoms with van der Waals surface area (Å²) in [6.07, 6.45) is -9.74. The molecule has 7 nitrogen and oxygen atoms in total. The molecule has 36 heavy (non-hydrogen) atoms. The van der Waals surface area contributed by atoms with Crippen LogP contribution in [0.2, 0.25) is 0 Å². The minimum Gasteiger partial charge on any atom is -0.493 e. The smallest absolute Gasteiger partial charge is 0.455 e. The summed E-state index contributed by atoms with van der Waals surface area (Å²) in [7, 11) is -4.25. The molecule has 0 aromatic heterocycles. The minimum atomic E-state index is -5.05. The van der Waals surface area contributed by atoms with Gasteiger partial charge in [-0.1, -0.05) is 24.2 Å². The van der Waals surface area contributed by atoms with Gasteiger partial charge in [0.05, 0.1) is 24.5 Å². The van der Waals surface area contributed by atoms with Gasteiger partial charge in [0.2, 0.25) is 0 Å². The van der Waals surface area contributed by atoms with Crippen molar-refractivity contribution in [1.29, 1.82) is 0 Å². The standard InChI is InChI=1S/C22H21F6NO6S/c1-2-14-36(31,32)35-29-19(21(23,24)25)15-8-10-16(11-9-15)33-12-5-13-34-18-7-4-3-6-17(18)20(30)22(26,27)28/h3-4,6-11H,2,5,12-14H2,1H3. The van der Waals surface area contributed by atoms with Crippen LogP contribution < -0.4 is 9.47 Å². The van der Waals surface area contributed by atoms with Crippen molar-refractivity contribution in [2.24, 2.45) is 5.16 Å². The zero-order chi connectivity index (χ0) is 27.0. The summed E-state index contributed by atoms with van der Waals surface area (Å²) in [5.41, 5.74) is -2.64. The van der Waals surface area contributed by atoms with E-state index in [1.54, 1.807) is 0 Å². The van der Waals surface area contributed by atoms with Crippen LogP contribution in [0.1, 0.15) is 35.7 Å². The largest absolute Gasteiger partial charge is 0.493 e. The summed E-state index contributed by atoms with van der Waals surface area (Å²) >= 11 is 0. The van der Waals surface area contributed by atoms with Gasteiger partial charge in [-0.15, -0.1) is 0 Å². The summed E-state index contributed by atoms with van der Waals surface area (Å²) in [5.74, 6) is -2.62. The summed E-state index contributed by atoms with van der Waals surface area (Å²) < 4.78 is 116. The van der Waals surface area contributed by atoms with E-state index in [1.807, 2.05) is 0 Å². The molecule has 2 aromatic carbocycles. The Kier molecular flexibility index (Phi) is 9.73. The van der Waals surface area contributed by atoms with Crippen molar-refractivity contribution in [1.82, 2.24) is 0 Å². The van der Waals surface area contributed by atoms with Crippen LogP contribution in [-0.4, -0.2) is 51.2 Å². The van der Waals surface area contributed by atoms with Crippen molar-refractivity contribution >= 4 is 21.6 Å². The fourth-order valence-electron chi connectivity index (χ4n) is 2.72. The van der Waals surface area contributed by atoms with E-state index in [1.165, 1.54) is 37.3 Å². The number of Topliss-reactive ketones (excluding diaryl/α,β-unsaturated/α-hetero) is 1. The number of ether oxygens (including phenoxy) is 2. The number of benzene rings is 2. The average molecular weight is 541 g/mol. The van der Waals surface area contributed by atoms with Gasteiger partial charge in [0.1, 0.15) is 11.5 Å². The summed E-state index contributed by atoms with van der Waals surface area (Å²) in [6, 6.07) is 9.28. The molecular formula is C22H21F6NO6S. The maximum Gasteiger partial charge on any atom is 0.455 e. The van der Waals surface area contributed by atoms with Gasteiger partial charge in [-0.3, -0.25) is 9.08 Å². The Morgan fingerprint density at radius 1 is 0.889 bits per heavy atom. The molecule has 0 bridgehead atoms. The van der Waals surface area contributed by atoms with Gasteiger partial charge in [0, 0.05) is 12.0 Å². The zero-order valence-electron chi connectivity index (χ0n) is 18.7. The Balaban J connectivity index is 1.95. The molecule has 0 aliphatic carbocycles. The van der Waals surface area contributed by atoms with Crippen LogP contribution in [0.3, 0.4) is 0 Å². The van der Waals surface area contributed by atoms with E-state index in [9.17, 15) is 39.6 Å². The van der Waals surface area contributed by atoms with Crippen molar-refractivity contribution in [2.45, 2.75) is 32.1 Å². The highest BCUT2D eigenvalue weighted by Gasteiger charge is 2.41. The first-order valence-electron chi connectivity index (χ1n) is 10.4. The molecule has 0 N–H and O–H groups in total. The van der Waals surface area contributed by atoms with Gasteiger partial charge in [-0.25, -0.2) is 0 Å². The lowest BCUT2D eigenvalue weighted by Gasteiger charge is -2.13. The topological polar surface area (TPSA) is 91.3 Å². The highest BCUT2D eigenvalue weighted by Crippen LogP contribution is 2.28. The third-order valence-electron chi connectivity index (χ3n) is 4.30. The fraction of sp³-hybridized carbons (Fsp3) is 0.364. The fourth-order valence-corrected chi connectivity index (χ4v) is 3.48. The molecule has 0 aliphatic rings. The van der Waals surface area contributed by atoms with Crippen LogP contribution in [0.15, 0.2) is 53.7 Å². The van der Waals surface area contributed by atoms with Gasteiger partial charge in [0.15, 0.2) is 5.71 Å². The van der Waals surface area contributed by atoms with Crippen LogP contribution in [0.4, 0.5) is 26.3 Å². The number of hydrogen-bond donors (Lipinski definition) is 0. The third-order valence-corrected chi connectivity index (χ3v) is 5.51. The van der Waals surface area contributed by atoms with Gasteiger partial charge in [0.25, 0.3) is 5.78 Å². The molecule has 0 spiro atoms. The van der Waals surface area contributed by atoms with Crippen LogP contribution >= 0.6 is 0 Å². The van der Waals surface area contributed by atoms with E-state index in [2.05, 4.69) is 9.44 Å². The lowest BCUT2D eigenvalue weighted by molar-refractivity contribution is -0.0886. The second kappa shape index (κ2) is 12.1. The first-order valence-corrected chi connectivity index (χ1v) is 12.0. The van der Waals surface area contributed by atoms with E-state index in [4.69, 9.17) is 9.47 Å². The Hall–Kier alpha value is -3.29. The summed E-state index contributed by atoms with van der Waals surface area (Å²) in [5, 5.41) is 2.79. The molecule has 0 unspecified atom stereocenters. The van der Waals surface area contributed by atoms with E-state index in [0.29, 0.717) is 0 Å². The normalized spacial score (nSPS) is 12.8. The molecular weight excluding hydrogens is 520 g/mol. The molecule has 198 valence electrons. The van der Waals surface area contributed by atoms with Crippen LogP contribution in [0.25, 0.3) is 0 Å². The second-order valence-corrected chi connectivity index (χ2v) is 8.84. The molecule has 0 saturated heterocycles. The van der Waals surface area contributed by atoms with E-state index < -0.39 is 50.8 Å². The molecule has 0 amide bonds. The Morgan fingerprint density at radius 2 is 1.50 bits per heavy atom. The number of alkyl halides is 6. The lowest BCUT2D eigenvalue weighted by Crippen LogP contribution is -2.25. The number of para-hydroxylation sites is 1. The number of oxime groups is 1. The number of carbonyl (C=O) groups excluding carboxylic acids is 1. The van der Waals surface area contributed by atoms with Gasteiger partial charge in [-0.05, 0) is 42.8 Å². The molecule has 14 heteroatoms. The quantitative estimate of drug-likeness (QED) is 0.119. The van der Waals surface area contributed by atoms with Gasteiger partial charge < -0.3 is 9.47 Å². The molecule has 0 saturated carbocycles.